The topological polar surface area (TPSA) is 167 Å². The number of rotatable bonds is 0. The molecular formula is C2H10N10. The molecule has 10 heteroatoms. The fraction of sp³-hybridized carbons (Fsp3) is 0.500. The molecule has 0 spiro atoms. The van der Waals surface area contributed by atoms with Crippen LogP contribution in [0.15, 0.2) is 0 Å². The normalized spacial score (nSPS) is 27.7. The quantitative estimate of drug-likeness (QED) is 0.226. The molecule has 1 aliphatic rings. The van der Waals surface area contributed by atoms with Gasteiger partial charge in [-0.1, -0.05) is 20.7 Å². The van der Waals surface area contributed by atoms with Crippen LogP contribution in [0.4, 0.5) is 0 Å². The van der Waals surface area contributed by atoms with Crippen molar-refractivity contribution >= 4 is 0 Å². The lowest BCUT2D eigenvalue weighted by atomic mass is 10.4. The van der Waals surface area contributed by atoms with Gasteiger partial charge in [0.05, 0.1) is 0 Å². The van der Waals surface area contributed by atoms with Crippen molar-refractivity contribution < 1.29 is 0 Å². The SMILES string of the molecule is N#CC1(N)N(N)N(N)N(N)N1N. The summed E-state index contributed by atoms with van der Waals surface area (Å²) < 4.78 is 0. The molecule has 10 N–H and O–H groups in total. The molecule has 68 valence electrons. The first kappa shape index (κ1) is 9.22. The Kier molecular flexibility index (Phi) is 1.97. The van der Waals surface area contributed by atoms with Crippen molar-refractivity contribution in [3.05, 3.63) is 0 Å². The van der Waals surface area contributed by atoms with Crippen LogP contribution in [0, 0.1) is 11.3 Å². The van der Waals surface area contributed by atoms with E-state index >= 15 is 0 Å². The summed E-state index contributed by atoms with van der Waals surface area (Å²) in [7, 11) is 0. The molecule has 0 amide bonds. The summed E-state index contributed by atoms with van der Waals surface area (Å²) in [5.74, 6) is 19.3. The average molecular weight is 174 g/mol. The Balaban J connectivity index is 3.00. The van der Waals surface area contributed by atoms with Crippen LogP contribution >= 0.6 is 0 Å². The third-order valence-electron chi connectivity index (χ3n) is 1.51. The average Bonchev–Trinajstić information content (AvgIpc) is 2.22. The number of hydrogen-bond acceptors (Lipinski definition) is 10. The van der Waals surface area contributed by atoms with Crippen molar-refractivity contribution in [3.63, 3.8) is 0 Å². The van der Waals surface area contributed by atoms with E-state index in [1.165, 1.54) is 0 Å². The lowest BCUT2D eigenvalue weighted by Gasteiger charge is -2.25. The lowest BCUT2D eigenvalue weighted by Crippen LogP contribution is -2.66. The second-order valence-electron chi connectivity index (χ2n) is 2.17. The van der Waals surface area contributed by atoms with Crippen LogP contribution in [0.3, 0.4) is 0 Å². The van der Waals surface area contributed by atoms with Crippen molar-refractivity contribution in [1.82, 2.24) is 20.7 Å². The predicted octanol–water partition coefficient (Wildman–Crippen LogP) is -4.42. The maximum Gasteiger partial charge on any atom is 0.273 e. The zero-order valence-electron chi connectivity index (χ0n) is 6.12. The Morgan fingerprint density at radius 1 is 1.00 bits per heavy atom. The van der Waals surface area contributed by atoms with E-state index in [-0.39, 0.29) is 0 Å². The van der Waals surface area contributed by atoms with Crippen LogP contribution in [-0.2, 0) is 0 Å². The van der Waals surface area contributed by atoms with E-state index in [2.05, 4.69) is 0 Å². The van der Waals surface area contributed by atoms with Gasteiger partial charge >= 0.3 is 0 Å². The van der Waals surface area contributed by atoms with Crippen LogP contribution in [0.1, 0.15) is 0 Å². The molecule has 1 fully saturated rings. The summed E-state index contributed by atoms with van der Waals surface area (Å²) in [5.41, 5.74) is 5.42. The van der Waals surface area contributed by atoms with Crippen molar-refractivity contribution in [2.24, 2.45) is 29.1 Å². The van der Waals surface area contributed by atoms with Crippen molar-refractivity contribution in [2.45, 2.75) is 5.79 Å². The minimum Gasteiger partial charge on any atom is -0.284 e. The van der Waals surface area contributed by atoms with Gasteiger partial charge in [0.2, 0.25) is 0 Å². The second kappa shape index (κ2) is 2.57. The van der Waals surface area contributed by atoms with Gasteiger partial charge in [0.15, 0.2) is 0 Å². The van der Waals surface area contributed by atoms with E-state index in [4.69, 9.17) is 34.4 Å². The molecule has 10 nitrogen and oxygen atoms in total. The van der Waals surface area contributed by atoms with Crippen molar-refractivity contribution in [1.29, 1.82) is 5.26 Å². The van der Waals surface area contributed by atoms with E-state index in [0.717, 1.165) is 0 Å². The molecule has 1 heterocycles. The maximum atomic E-state index is 8.62. The molecule has 0 aromatic carbocycles. The molecule has 0 aliphatic carbocycles. The monoisotopic (exact) mass is 174 g/mol. The zero-order valence-corrected chi connectivity index (χ0v) is 6.12. The molecule has 1 saturated heterocycles. The zero-order chi connectivity index (χ0) is 9.52. The molecule has 0 unspecified atom stereocenters. The number of hydrazine groups is 7. The summed E-state index contributed by atoms with van der Waals surface area (Å²) in [6, 6.07) is 1.64. The first-order chi connectivity index (χ1) is 5.45. The second-order valence-corrected chi connectivity index (χ2v) is 2.17. The number of nitrogens with two attached hydrogens (primary N) is 5. The lowest BCUT2D eigenvalue weighted by molar-refractivity contribution is -0.186. The highest BCUT2D eigenvalue weighted by molar-refractivity contribution is 5.00. The molecule has 0 bridgehead atoms. The van der Waals surface area contributed by atoms with Gasteiger partial charge in [0, 0.05) is 0 Å². The first-order valence-corrected chi connectivity index (χ1v) is 2.84. The smallest absolute Gasteiger partial charge is 0.273 e. The maximum absolute atomic E-state index is 8.62. The van der Waals surface area contributed by atoms with E-state index in [0.29, 0.717) is 20.7 Å². The van der Waals surface area contributed by atoms with Crippen LogP contribution in [-0.4, -0.2) is 26.5 Å². The molecule has 12 heavy (non-hydrogen) atoms. The molecule has 0 radical (unpaired) electrons. The largest absolute Gasteiger partial charge is 0.284 e. The van der Waals surface area contributed by atoms with Crippen molar-refractivity contribution in [2.75, 3.05) is 0 Å². The fourth-order valence-corrected chi connectivity index (χ4v) is 0.717. The van der Waals surface area contributed by atoms with E-state index < -0.39 is 5.79 Å². The van der Waals surface area contributed by atoms with Crippen LogP contribution in [0.2, 0.25) is 0 Å². The van der Waals surface area contributed by atoms with Crippen molar-refractivity contribution in [3.8, 4) is 6.07 Å². The third kappa shape index (κ3) is 0.884. The minimum absolute atomic E-state index is 0.688. The highest BCUT2D eigenvalue weighted by Gasteiger charge is 2.51. The van der Waals surface area contributed by atoms with Gasteiger partial charge in [-0.05, 0) is 0 Å². The first-order valence-electron chi connectivity index (χ1n) is 2.84. The molecule has 1 aliphatic heterocycles. The summed E-state index contributed by atoms with van der Waals surface area (Å²) in [5, 5.41) is 11.4. The van der Waals surface area contributed by atoms with Gasteiger partial charge in [-0.15, -0.1) is 0 Å². The Morgan fingerprint density at radius 3 is 1.50 bits per heavy atom. The van der Waals surface area contributed by atoms with Crippen LogP contribution in [0.25, 0.3) is 0 Å². The molecule has 0 atom stereocenters. The van der Waals surface area contributed by atoms with Gasteiger partial charge in [-0.3, -0.25) is 5.73 Å². The molecule has 0 aromatic rings. The third-order valence-corrected chi connectivity index (χ3v) is 1.51. The standard InChI is InChI=1S/C2H10N10/c3-1-2(4)9(5)11(7)12(8)10(2)6/h4-8H2. The fourth-order valence-electron chi connectivity index (χ4n) is 0.717. The Bertz CT molecular complexity index is 202. The summed E-state index contributed by atoms with van der Waals surface area (Å²) in [4.78, 5) is 0. The Hall–Kier alpha value is -0.870. The van der Waals surface area contributed by atoms with Gasteiger partial charge in [-0.25, -0.2) is 23.4 Å². The summed E-state index contributed by atoms with van der Waals surface area (Å²) in [6.45, 7) is 0. The van der Waals surface area contributed by atoms with Gasteiger partial charge in [-0.2, -0.15) is 5.26 Å². The number of nitriles is 1. The van der Waals surface area contributed by atoms with E-state index in [1.807, 2.05) is 0 Å². The predicted molar refractivity (Wildman–Crippen MR) is 36.6 cm³/mol. The highest BCUT2D eigenvalue weighted by Crippen LogP contribution is 2.16. The van der Waals surface area contributed by atoms with Gasteiger partial charge < -0.3 is 0 Å². The Labute approximate surface area is 68.0 Å². The van der Waals surface area contributed by atoms with E-state index in [9.17, 15) is 0 Å². The van der Waals surface area contributed by atoms with E-state index in [1.54, 1.807) is 6.07 Å². The summed E-state index contributed by atoms with van der Waals surface area (Å²) in [6.07, 6.45) is 0. The van der Waals surface area contributed by atoms with Gasteiger partial charge in [0.25, 0.3) is 5.79 Å². The van der Waals surface area contributed by atoms with Gasteiger partial charge in [0.1, 0.15) is 6.07 Å². The molecule has 0 saturated carbocycles. The molecule has 0 aromatic heterocycles. The molecule has 1 rings (SSSR count). The summed E-state index contributed by atoms with van der Waals surface area (Å²) >= 11 is 0. The molecular weight excluding hydrogens is 164 g/mol. The minimum atomic E-state index is -1.77. The highest BCUT2D eigenvalue weighted by atomic mass is 16.3. The van der Waals surface area contributed by atoms with Crippen LogP contribution in [0.5, 0.6) is 0 Å². The van der Waals surface area contributed by atoms with Crippen LogP contribution < -0.4 is 29.1 Å². The Morgan fingerprint density at radius 2 is 1.33 bits per heavy atom. The number of hydrogen-bond donors (Lipinski definition) is 5. The number of nitrogens with zero attached hydrogens (tertiary/aromatic N) is 5.